The Bertz CT molecular complexity index is 612. The number of rotatable bonds is 1. The number of nitrogens with zero attached hydrogens (tertiary/aromatic N) is 4. The normalized spacial score (nSPS) is 11.1. The number of halogens is 2. The van der Waals surface area contributed by atoms with Crippen LogP contribution >= 0.6 is 34.5 Å². The summed E-state index contributed by atoms with van der Waals surface area (Å²) in [7, 11) is 0. The average Bonchev–Trinajstić information content (AvgIpc) is 2.74. The fraction of sp³-hybridized carbons (Fsp3) is 0. The van der Waals surface area contributed by atoms with E-state index in [1.54, 1.807) is 16.9 Å². The maximum absolute atomic E-state index is 5.93. The second-order valence-corrected chi connectivity index (χ2v) is 4.95. The highest BCUT2D eigenvalue weighted by molar-refractivity contribution is 7.19. The van der Waals surface area contributed by atoms with Crippen molar-refractivity contribution in [3.05, 3.63) is 34.6 Å². The lowest BCUT2D eigenvalue weighted by Crippen LogP contribution is -1.82. The van der Waals surface area contributed by atoms with E-state index in [1.165, 1.54) is 11.3 Å². The molecule has 0 fully saturated rings. The molecule has 0 radical (unpaired) electrons. The lowest BCUT2D eigenvalue weighted by molar-refractivity contribution is 0.960. The van der Waals surface area contributed by atoms with Crippen LogP contribution in [0.1, 0.15) is 0 Å². The van der Waals surface area contributed by atoms with Gasteiger partial charge in [-0.3, -0.25) is 0 Å². The predicted octanol–water partition coefficient (Wildman–Crippen LogP) is 3.16. The fourth-order valence-electron chi connectivity index (χ4n) is 1.35. The zero-order valence-corrected chi connectivity index (χ0v) is 10.1. The van der Waals surface area contributed by atoms with Crippen LogP contribution < -0.4 is 0 Å². The first-order chi connectivity index (χ1) is 7.72. The predicted molar refractivity (Wildman–Crippen MR) is 64.1 cm³/mol. The molecule has 0 amide bonds. The molecular formula is C9H4Cl2N4S. The third kappa shape index (κ3) is 1.67. The minimum Gasteiger partial charge on any atom is -0.190 e. The van der Waals surface area contributed by atoms with Crippen LogP contribution in [0.25, 0.3) is 15.5 Å². The molecule has 16 heavy (non-hydrogen) atoms. The smallest absolute Gasteiger partial charge is 0.190 e. The molecule has 3 rings (SSSR count). The highest BCUT2D eigenvalue weighted by atomic mass is 35.5. The summed E-state index contributed by atoms with van der Waals surface area (Å²) in [5, 5.41) is 14.0. The van der Waals surface area contributed by atoms with Gasteiger partial charge in [-0.05, 0) is 18.2 Å². The van der Waals surface area contributed by atoms with Crippen molar-refractivity contribution in [1.82, 2.24) is 19.8 Å². The van der Waals surface area contributed by atoms with E-state index >= 15 is 0 Å². The first kappa shape index (κ1) is 10.0. The zero-order valence-electron chi connectivity index (χ0n) is 7.76. The molecule has 0 N–H and O–H groups in total. The van der Waals surface area contributed by atoms with E-state index in [4.69, 9.17) is 23.2 Å². The van der Waals surface area contributed by atoms with Gasteiger partial charge in [-0.1, -0.05) is 34.5 Å². The Labute approximate surface area is 104 Å². The highest BCUT2D eigenvalue weighted by Crippen LogP contribution is 2.29. The molecule has 0 bridgehead atoms. The zero-order chi connectivity index (χ0) is 11.1. The van der Waals surface area contributed by atoms with Crippen molar-refractivity contribution in [2.75, 3.05) is 0 Å². The van der Waals surface area contributed by atoms with Gasteiger partial charge in [0.1, 0.15) is 11.3 Å². The van der Waals surface area contributed by atoms with Crippen molar-refractivity contribution in [2.45, 2.75) is 0 Å². The van der Waals surface area contributed by atoms with E-state index in [1.807, 2.05) is 12.1 Å². The summed E-state index contributed by atoms with van der Waals surface area (Å²) in [6.45, 7) is 0. The molecule has 0 aliphatic heterocycles. The summed E-state index contributed by atoms with van der Waals surface area (Å²) in [5.41, 5.74) is 0.882. The maximum atomic E-state index is 5.93. The molecule has 80 valence electrons. The Morgan fingerprint density at radius 3 is 2.56 bits per heavy atom. The van der Waals surface area contributed by atoms with Gasteiger partial charge in [0, 0.05) is 15.6 Å². The molecule has 0 atom stereocenters. The molecule has 2 aromatic heterocycles. The first-order valence-corrected chi connectivity index (χ1v) is 5.93. The van der Waals surface area contributed by atoms with Crippen molar-refractivity contribution in [2.24, 2.45) is 0 Å². The van der Waals surface area contributed by atoms with E-state index in [2.05, 4.69) is 15.3 Å². The molecular weight excluding hydrogens is 267 g/mol. The summed E-state index contributed by atoms with van der Waals surface area (Å²) in [6.07, 6.45) is 1.56. The van der Waals surface area contributed by atoms with Crippen molar-refractivity contribution in [1.29, 1.82) is 0 Å². The van der Waals surface area contributed by atoms with Crippen molar-refractivity contribution in [3.8, 4) is 10.6 Å². The Morgan fingerprint density at radius 2 is 1.88 bits per heavy atom. The topological polar surface area (TPSA) is 43.1 Å². The number of aromatic nitrogens is 4. The molecule has 0 spiro atoms. The van der Waals surface area contributed by atoms with Gasteiger partial charge in [-0.2, -0.15) is 9.61 Å². The quantitative estimate of drug-likeness (QED) is 0.682. The minimum absolute atomic E-state index is 0.591. The van der Waals surface area contributed by atoms with Gasteiger partial charge in [-0.15, -0.1) is 10.2 Å². The molecule has 7 heteroatoms. The van der Waals surface area contributed by atoms with E-state index in [9.17, 15) is 0 Å². The van der Waals surface area contributed by atoms with Crippen LogP contribution in [0.2, 0.25) is 10.0 Å². The van der Waals surface area contributed by atoms with Gasteiger partial charge >= 0.3 is 0 Å². The van der Waals surface area contributed by atoms with E-state index < -0.39 is 0 Å². The highest BCUT2D eigenvalue weighted by Gasteiger charge is 2.08. The maximum Gasteiger partial charge on any atom is 0.234 e. The summed E-state index contributed by atoms with van der Waals surface area (Å²) in [5.74, 6) is 0. The largest absolute Gasteiger partial charge is 0.234 e. The Balaban J connectivity index is 2.18. The number of benzene rings is 1. The molecule has 3 aromatic rings. The van der Waals surface area contributed by atoms with Crippen molar-refractivity contribution < 1.29 is 0 Å². The average molecular weight is 271 g/mol. The second-order valence-electron chi connectivity index (χ2n) is 3.12. The fourth-order valence-corrected chi connectivity index (χ4v) is 2.69. The van der Waals surface area contributed by atoms with Gasteiger partial charge in [0.15, 0.2) is 0 Å². The van der Waals surface area contributed by atoms with Crippen LogP contribution in [0, 0.1) is 0 Å². The third-order valence-electron chi connectivity index (χ3n) is 2.00. The summed E-state index contributed by atoms with van der Waals surface area (Å²) >= 11 is 13.3. The number of fused-ring (bicyclic) bond motifs is 1. The molecule has 0 saturated heterocycles. The third-order valence-corrected chi connectivity index (χ3v) is 3.39. The van der Waals surface area contributed by atoms with Crippen LogP contribution in [0.4, 0.5) is 0 Å². The minimum atomic E-state index is 0.591. The van der Waals surface area contributed by atoms with Gasteiger partial charge in [0.2, 0.25) is 4.96 Å². The Hall–Kier alpha value is -1.17. The molecule has 2 heterocycles. The van der Waals surface area contributed by atoms with Crippen LogP contribution in [0.15, 0.2) is 24.5 Å². The summed E-state index contributed by atoms with van der Waals surface area (Å²) < 4.78 is 1.62. The second kappa shape index (κ2) is 3.69. The number of hydrogen-bond acceptors (Lipinski definition) is 4. The van der Waals surface area contributed by atoms with Gasteiger partial charge < -0.3 is 0 Å². The lowest BCUT2D eigenvalue weighted by Gasteiger charge is -1.97. The van der Waals surface area contributed by atoms with Crippen molar-refractivity contribution in [3.63, 3.8) is 0 Å². The molecule has 0 aliphatic carbocycles. The lowest BCUT2D eigenvalue weighted by atomic mass is 10.2. The SMILES string of the molecule is Clc1cc(Cl)cc(-c2nn3cnnc3s2)c1. The standard InChI is InChI=1S/C9H4Cl2N4S/c10-6-1-5(2-7(11)3-6)8-14-15-4-12-13-9(15)16-8/h1-4H. The summed E-state index contributed by atoms with van der Waals surface area (Å²) in [4.78, 5) is 0.742. The van der Waals surface area contributed by atoms with Gasteiger partial charge in [0.05, 0.1) is 0 Å². The molecule has 0 aliphatic rings. The van der Waals surface area contributed by atoms with Crippen molar-refractivity contribution >= 4 is 39.5 Å². The Kier molecular flexibility index (Phi) is 2.31. The van der Waals surface area contributed by atoms with E-state index in [0.717, 1.165) is 15.5 Å². The molecule has 4 nitrogen and oxygen atoms in total. The monoisotopic (exact) mass is 270 g/mol. The number of hydrogen-bond donors (Lipinski definition) is 0. The molecule has 0 unspecified atom stereocenters. The molecule has 1 aromatic carbocycles. The van der Waals surface area contributed by atoms with Crippen LogP contribution in [-0.4, -0.2) is 19.8 Å². The van der Waals surface area contributed by atoms with Crippen LogP contribution in [-0.2, 0) is 0 Å². The first-order valence-electron chi connectivity index (χ1n) is 4.36. The Morgan fingerprint density at radius 1 is 1.12 bits per heavy atom. The van der Waals surface area contributed by atoms with Crippen LogP contribution in [0.3, 0.4) is 0 Å². The van der Waals surface area contributed by atoms with E-state index in [-0.39, 0.29) is 0 Å². The van der Waals surface area contributed by atoms with Crippen LogP contribution in [0.5, 0.6) is 0 Å². The summed E-state index contributed by atoms with van der Waals surface area (Å²) in [6, 6.07) is 5.32. The van der Waals surface area contributed by atoms with E-state index in [0.29, 0.717) is 10.0 Å². The van der Waals surface area contributed by atoms with Gasteiger partial charge in [-0.25, -0.2) is 0 Å². The van der Waals surface area contributed by atoms with Gasteiger partial charge in [0.25, 0.3) is 0 Å². The molecule has 0 saturated carbocycles.